The molecule has 5 rings (SSSR count). The lowest BCUT2D eigenvalue weighted by atomic mass is 9.94. The number of nitrogens with one attached hydrogen (secondary N) is 1. The van der Waals surface area contributed by atoms with E-state index < -0.39 is 17.7 Å². The van der Waals surface area contributed by atoms with E-state index in [1.54, 1.807) is 24.1 Å². The quantitative estimate of drug-likeness (QED) is 0.218. The van der Waals surface area contributed by atoms with Crippen molar-refractivity contribution in [3.8, 4) is 5.75 Å². The first-order chi connectivity index (χ1) is 17.4. The fraction of sp³-hybridized carbons (Fsp3) is 0.200. The lowest BCUT2D eigenvalue weighted by molar-refractivity contribution is -0.139. The van der Waals surface area contributed by atoms with Crippen LogP contribution in [0.4, 0.5) is 0 Å². The van der Waals surface area contributed by atoms with Crippen LogP contribution in [0.25, 0.3) is 16.7 Å². The van der Waals surface area contributed by atoms with Gasteiger partial charge in [0.25, 0.3) is 11.7 Å². The molecule has 0 saturated carbocycles. The standard InChI is InChI=1S/C30H28N2O4/c1-18-4-8-20(9-5-18)27-26(28(33)21-10-6-19(2)7-11-21)29(34)30(35)32(27)15-14-22-17-31-25-13-12-23(36-3)16-24(22)25/h4-13,16-17,27,31,33H,14-15H2,1-3H3/t27-/m1/s1. The van der Waals surface area contributed by atoms with Gasteiger partial charge in [-0.2, -0.15) is 0 Å². The zero-order chi connectivity index (χ0) is 25.4. The van der Waals surface area contributed by atoms with Gasteiger partial charge < -0.3 is 19.7 Å². The van der Waals surface area contributed by atoms with E-state index in [9.17, 15) is 14.7 Å². The Labute approximate surface area is 209 Å². The summed E-state index contributed by atoms with van der Waals surface area (Å²) in [5.41, 5.74) is 5.52. The first-order valence-corrected chi connectivity index (χ1v) is 11.9. The van der Waals surface area contributed by atoms with Gasteiger partial charge in [-0.05, 0) is 49.6 Å². The van der Waals surface area contributed by atoms with Crippen molar-refractivity contribution in [2.24, 2.45) is 0 Å². The molecule has 0 unspecified atom stereocenters. The smallest absolute Gasteiger partial charge is 0.295 e. The Morgan fingerprint density at radius 1 is 0.972 bits per heavy atom. The van der Waals surface area contributed by atoms with Crippen LogP contribution in [0.1, 0.15) is 33.9 Å². The van der Waals surface area contributed by atoms with Crippen LogP contribution in [0.15, 0.2) is 78.5 Å². The van der Waals surface area contributed by atoms with E-state index in [1.807, 2.05) is 74.6 Å². The molecule has 4 aromatic rings. The molecule has 1 saturated heterocycles. The molecule has 1 fully saturated rings. The third-order valence-corrected chi connectivity index (χ3v) is 6.85. The number of fused-ring (bicyclic) bond motifs is 1. The average Bonchev–Trinajstić information content (AvgIpc) is 3.40. The number of hydrogen-bond acceptors (Lipinski definition) is 4. The molecule has 2 heterocycles. The minimum absolute atomic E-state index is 0.119. The molecule has 2 N–H and O–H groups in total. The Balaban J connectivity index is 1.55. The van der Waals surface area contributed by atoms with Crippen LogP contribution < -0.4 is 4.74 Å². The van der Waals surface area contributed by atoms with Gasteiger partial charge >= 0.3 is 0 Å². The summed E-state index contributed by atoms with van der Waals surface area (Å²) in [4.78, 5) is 31.4. The average molecular weight is 481 g/mol. The van der Waals surface area contributed by atoms with Gasteiger partial charge in [-0.15, -0.1) is 0 Å². The van der Waals surface area contributed by atoms with Gasteiger partial charge in [-0.1, -0.05) is 59.7 Å². The highest BCUT2D eigenvalue weighted by Crippen LogP contribution is 2.39. The molecular formula is C30H28N2O4. The number of ketones is 1. The summed E-state index contributed by atoms with van der Waals surface area (Å²) in [6.45, 7) is 4.26. The monoisotopic (exact) mass is 480 g/mol. The van der Waals surface area contributed by atoms with Crippen molar-refractivity contribution in [2.75, 3.05) is 13.7 Å². The number of likely N-dealkylation sites (tertiary alicyclic amines) is 1. The van der Waals surface area contributed by atoms with Crippen LogP contribution in [0.2, 0.25) is 0 Å². The Kier molecular flexibility index (Phi) is 6.10. The van der Waals surface area contributed by atoms with Crippen LogP contribution in [0.5, 0.6) is 5.75 Å². The molecule has 1 atom stereocenters. The third kappa shape index (κ3) is 4.15. The summed E-state index contributed by atoms with van der Waals surface area (Å²) in [6, 6.07) is 20.1. The van der Waals surface area contributed by atoms with Gasteiger partial charge in [0.05, 0.1) is 18.7 Å². The number of aromatic amines is 1. The van der Waals surface area contributed by atoms with Gasteiger partial charge in [0.2, 0.25) is 0 Å². The van der Waals surface area contributed by atoms with Crippen LogP contribution in [0, 0.1) is 13.8 Å². The second kappa shape index (κ2) is 9.38. The number of methoxy groups -OCH3 is 1. The van der Waals surface area contributed by atoms with Gasteiger partial charge in [0.15, 0.2) is 0 Å². The summed E-state index contributed by atoms with van der Waals surface area (Å²) < 4.78 is 5.37. The van der Waals surface area contributed by atoms with Crippen LogP contribution in [-0.4, -0.2) is 40.3 Å². The predicted molar refractivity (Wildman–Crippen MR) is 140 cm³/mol. The van der Waals surface area contributed by atoms with Crippen LogP contribution >= 0.6 is 0 Å². The molecular weight excluding hydrogens is 452 g/mol. The number of carbonyl (C=O) groups is 2. The highest BCUT2D eigenvalue weighted by atomic mass is 16.5. The summed E-state index contributed by atoms with van der Waals surface area (Å²) >= 11 is 0. The summed E-state index contributed by atoms with van der Waals surface area (Å²) in [5.74, 6) is -0.675. The summed E-state index contributed by atoms with van der Waals surface area (Å²) in [6.07, 6.45) is 2.46. The maximum absolute atomic E-state index is 13.3. The van der Waals surface area contributed by atoms with Crippen molar-refractivity contribution in [3.05, 3.63) is 106 Å². The molecule has 6 nitrogen and oxygen atoms in total. The van der Waals surface area contributed by atoms with Crippen LogP contribution in [0.3, 0.4) is 0 Å². The molecule has 0 aliphatic carbocycles. The number of aryl methyl sites for hydroxylation is 2. The summed E-state index contributed by atoms with van der Waals surface area (Å²) in [7, 11) is 1.63. The molecule has 0 radical (unpaired) electrons. The molecule has 1 amide bonds. The van der Waals surface area contributed by atoms with E-state index in [0.717, 1.165) is 38.9 Å². The zero-order valence-corrected chi connectivity index (χ0v) is 20.5. The lowest BCUT2D eigenvalue weighted by Crippen LogP contribution is -2.31. The zero-order valence-electron chi connectivity index (χ0n) is 20.5. The van der Waals surface area contributed by atoms with E-state index in [2.05, 4.69) is 4.98 Å². The van der Waals surface area contributed by atoms with Gasteiger partial charge in [-0.25, -0.2) is 0 Å². The first kappa shape index (κ1) is 23.4. The second-order valence-corrected chi connectivity index (χ2v) is 9.24. The van der Waals surface area contributed by atoms with Gasteiger partial charge in [-0.3, -0.25) is 9.59 Å². The molecule has 6 heteroatoms. The molecule has 3 aromatic carbocycles. The number of aromatic nitrogens is 1. The fourth-order valence-corrected chi connectivity index (χ4v) is 4.81. The number of carbonyl (C=O) groups excluding carboxylic acids is 2. The number of hydrogen-bond donors (Lipinski definition) is 2. The van der Waals surface area contributed by atoms with Gasteiger partial charge in [0.1, 0.15) is 11.5 Å². The number of rotatable bonds is 6. The van der Waals surface area contributed by atoms with Crippen LogP contribution in [-0.2, 0) is 16.0 Å². The molecule has 1 aliphatic rings. The predicted octanol–water partition coefficient (Wildman–Crippen LogP) is 5.46. The molecule has 182 valence electrons. The first-order valence-electron chi connectivity index (χ1n) is 11.9. The van der Waals surface area contributed by atoms with Crippen molar-refractivity contribution < 1.29 is 19.4 Å². The van der Waals surface area contributed by atoms with Crippen molar-refractivity contribution in [1.82, 2.24) is 9.88 Å². The van der Waals surface area contributed by atoms with E-state index in [1.165, 1.54) is 0 Å². The van der Waals surface area contributed by atoms with Crippen molar-refractivity contribution in [1.29, 1.82) is 0 Å². The Morgan fingerprint density at radius 3 is 2.31 bits per heavy atom. The summed E-state index contributed by atoms with van der Waals surface area (Å²) in [5, 5.41) is 12.2. The van der Waals surface area contributed by atoms with E-state index in [0.29, 0.717) is 18.5 Å². The minimum atomic E-state index is -0.674. The van der Waals surface area contributed by atoms with E-state index >= 15 is 0 Å². The maximum Gasteiger partial charge on any atom is 0.295 e. The largest absolute Gasteiger partial charge is 0.507 e. The Bertz CT molecular complexity index is 1480. The molecule has 1 aromatic heterocycles. The van der Waals surface area contributed by atoms with E-state index in [4.69, 9.17) is 4.74 Å². The minimum Gasteiger partial charge on any atom is -0.507 e. The van der Waals surface area contributed by atoms with Crippen molar-refractivity contribution >= 4 is 28.4 Å². The number of ether oxygens (including phenoxy) is 1. The third-order valence-electron chi connectivity index (χ3n) is 6.85. The highest BCUT2D eigenvalue weighted by molar-refractivity contribution is 6.46. The number of aliphatic hydroxyl groups excluding tert-OH is 1. The number of nitrogens with zero attached hydrogens (tertiary/aromatic N) is 1. The maximum atomic E-state index is 13.3. The SMILES string of the molecule is COc1ccc2[nH]cc(CCN3C(=O)C(=O)C(=C(O)c4ccc(C)cc4)[C@H]3c3ccc(C)cc3)c2c1. The van der Waals surface area contributed by atoms with E-state index in [-0.39, 0.29) is 11.3 Å². The number of Topliss-reactive ketones (excluding diaryl/α,β-unsaturated/α-hetero) is 1. The molecule has 36 heavy (non-hydrogen) atoms. The topological polar surface area (TPSA) is 82.6 Å². The second-order valence-electron chi connectivity index (χ2n) is 9.24. The number of H-pyrrole nitrogens is 1. The molecule has 0 bridgehead atoms. The molecule has 1 aliphatic heterocycles. The number of benzene rings is 3. The Morgan fingerprint density at radius 2 is 1.64 bits per heavy atom. The lowest BCUT2D eigenvalue weighted by Gasteiger charge is -2.25. The van der Waals surface area contributed by atoms with Gasteiger partial charge in [0, 0.05) is 29.2 Å². The normalized spacial score (nSPS) is 17.2. The Hall–Kier alpha value is -4.32. The molecule has 0 spiro atoms. The van der Waals surface area contributed by atoms with Crippen molar-refractivity contribution in [3.63, 3.8) is 0 Å². The number of amides is 1. The number of aliphatic hydroxyl groups is 1. The fourth-order valence-electron chi connectivity index (χ4n) is 4.81. The van der Waals surface area contributed by atoms with Crippen molar-refractivity contribution in [2.45, 2.75) is 26.3 Å². The highest BCUT2D eigenvalue weighted by Gasteiger charge is 2.45.